The minimum Gasteiger partial charge on any atom is -0.427 e. The second kappa shape index (κ2) is 6.28. The summed E-state index contributed by atoms with van der Waals surface area (Å²) in [6.07, 6.45) is 1.80. The first-order valence-electron chi connectivity index (χ1n) is 6.42. The number of sulfone groups is 1. The van der Waals surface area contributed by atoms with Crippen molar-refractivity contribution in [3.63, 3.8) is 0 Å². The number of rotatable bonds is 6. The fourth-order valence-electron chi connectivity index (χ4n) is 2.04. The summed E-state index contributed by atoms with van der Waals surface area (Å²) in [5, 5.41) is 18.1. The quantitative estimate of drug-likeness (QED) is 0.320. The molecular formula is C13H11N3O7S. The van der Waals surface area contributed by atoms with Crippen molar-refractivity contribution in [1.29, 1.82) is 0 Å². The Labute approximate surface area is 135 Å². The van der Waals surface area contributed by atoms with E-state index in [1.165, 1.54) is 0 Å². The highest BCUT2D eigenvalue weighted by Gasteiger charge is 2.35. The summed E-state index contributed by atoms with van der Waals surface area (Å²) in [5.41, 5.74) is -1.15. The van der Waals surface area contributed by atoms with Gasteiger partial charge in [-0.05, 0) is 19.1 Å². The van der Waals surface area contributed by atoms with Crippen molar-refractivity contribution < 1.29 is 27.3 Å². The van der Waals surface area contributed by atoms with E-state index in [9.17, 15) is 28.1 Å². The van der Waals surface area contributed by atoms with E-state index in [4.69, 9.17) is 4.42 Å². The second-order valence-corrected chi connectivity index (χ2v) is 6.91. The number of benzene rings is 1. The number of nitro benzene ring substituents is 1. The van der Waals surface area contributed by atoms with E-state index in [0.717, 1.165) is 37.8 Å². The van der Waals surface area contributed by atoms with Crippen LogP contribution in [0.5, 0.6) is 0 Å². The van der Waals surface area contributed by atoms with Crippen molar-refractivity contribution in [1.82, 2.24) is 10.2 Å². The number of carbonyl (C=O) groups is 2. The van der Waals surface area contributed by atoms with Crippen molar-refractivity contribution in [3.05, 3.63) is 46.2 Å². The molecule has 0 aliphatic rings. The molecule has 0 aliphatic heterocycles. The summed E-state index contributed by atoms with van der Waals surface area (Å²) in [4.78, 5) is 34.3. The molecule has 0 radical (unpaired) electrons. The number of hydrogen-bond acceptors (Lipinski definition) is 9. The zero-order chi connectivity index (χ0) is 18.1. The average Bonchev–Trinajstić information content (AvgIpc) is 2.99. The van der Waals surface area contributed by atoms with Gasteiger partial charge in [-0.15, -0.1) is 10.2 Å². The van der Waals surface area contributed by atoms with E-state index in [0.29, 0.717) is 0 Å². The lowest BCUT2D eigenvalue weighted by Gasteiger charge is -2.09. The molecular weight excluding hydrogens is 342 g/mol. The van der Waals surface area contributed by atoms with Gasteiger partial charge in [0.15, 0.2) is 21.5 Å². The molecule has 10 nitrogen and oxygen atoms in total. The van der Waals surface area contributed by atoms with E-state index in [1.807, 2.05) is 0 Å². The van der Waals surface area contributed by atoms with E-state index in [-0.39, 0.29) is 10.8 Å². The fraction of sp³-hybridized carbons (Fsp3) is 0.231. The number of ketones is 2. The van der Waals surface area contributed by atoms with Crippen LogP contribution in [-0.4, -0.2) is 41.4 Å². The maximum Gasteiger partial charge on any atom is 0.281 e. The van der Waals surface area contributed by atoms with Crippen molar-refractivity contribution in [2.45, 2.75) is 17.7 Å². The number of Topliss-reactive ketones (excluding diaryl/α,β-unsaturated/α-hetero) is 2. The average molecular weight is 353 g/mol. The first-order valence-corrected chi connectivity index (χ1v) is 8.31. The molecule has 0 aliphatic carbocycles. The van der Waals surface area contributed by atoms with Gasteiger partial charge in [0.1, 0.15) is 5.78 Å². The molecule has 24 heavy (non-hydrogen) atoms. The summed E-state index contributed by atoms with van der Waals surface area (Å²) in [6, 6.07) is 2.82. The van der Waals surface area contributed by atoms with Crippen LogP contribution >= 0.6 is 0 Å². The lowest BCUT2D eigenvalue weighted by Crippen LogP contribution is -2.21. The topological polar surface area (TPSA) is 150 Å². The van der Waals surface area contributed by atoms with Crippen molar-refractivity contribution in [2.75, 3.05) is 6.26 Å². The minimum atomic E-state index is -3.70. The molecule has 1 unspecified atom stereocenters. The van der Waals surface area contributed by atoms with Gasteiger partial charge in [-0.3, -0.25) is 19.7 Å². The molecule has 2 rings (SSSR count). The monoisotopic (exact) mass is 353 g/mol. The van der Waals surface area contributed by atoms with Crippen molar-refractivity contribution >= 4 is 27.1 Å². The number of hydrogen-bond donors (Lipinski definition) is 0. The first-order chi connectivity index (χ1) is 11.1. The third-order valence-corrected chi connectivity index (χ3v) is 4.26. The van der Waals surface area contributed by atoms with Crippen LogP contribution in [0.2, 0.25) is 0 Å². The van der Waals surface area contributed by atoms with Gasteiger partial charge in [-0.2, -0.15) is 0 Å². The summed E-state index contributed by atoms with van der Waals surface area (Å²) in [7, 11) is -3.70. The van der Waals surface area contributed by atoms with Crippen LogP contribution in [0, 0.1) is 10.1 Å². The Bertz CT molecular complexity index is 919. The molecule has 0 saturated heterocycles. The Kier molecular flexibility index (Phi) is 4.55. The molecule has 1 aromatic carbocycles. The van der Waals surface area contributed by atoms with Gasteiger partial charge in [0.25, 0.3) is 5.69 Å². The second-order valence-electron chi connectivity index (χ2n) is 4.89. The number of nitro groups is 1. The fourth-order valence-corrected chi connectivity index (χ4v) is 2.68. The van der Waals surface area contributed by atoms with Gasteiger partial charge >= 0.3 is 0 Å². The van der Waals surface area contributed by atoms with Gasteiger partial charge < -0.3 is 4.42 Å². The van der Waals surface area contributed by atoms with E-state index < -0.39 is 43.5 Å². The molecule has 2 aromatic rings. The van der Waals surface area contributed by atoms with Crippen LogP contribution in [0.1, 0.15) is 29.1 Å². The highest BCUT2D eigenvalue weighted by molar-refractivity contribution is 7.90. The Balaban J connectivity index is 2.60. The maximum absolute atomic E-state index is 12.6. The van der Waals surface area contributed by atoms with Crippen LogP contribution in [0.15, 0.2) is 33.9 Å². The zero-order valence-electron chi connectivity index (χ0n) is 12.5. The number of aromatic nitrogens is 2. The molecule has 0 bridgehead atoms. The summed E-state index contributed by atoms with van der Waals surface area (Å²) in [5.74, 6) is -3.38. The third kappa shape index (κ3) is 3.35. The minimum absolute atomic E-state index is 0.297. The van der Waals surface area contributed by atoms with E-state index >= 15 is 0 Å². The predicted molar refractivity (Wildman–Crippen MR) is 78.3 cm³/mol. The Morgan fingerprint density at radius 1 is 1.33 bits per heavy atom. The van der Waals surface area contributed by atoms with Gasteiger partial charge in [-0.25, -0.2) is 8.42 Å². The predicted octanol–water partition coefficient (Wildman–Crippen LogP) is 0.937. The van der Waals surface area contributed by atoms with Gasteiger partial charge in [0, 0.05) is 12.3 Å². The molecule has 0 amide bonds. The zero-order valence-corrected chi connectivity index (χ0v) is 13.3. The SMILES string of the molecule is CC(=O)C(C(=O)c1ccc(S(C)(=O)=O)cc1[N+](=O)[O-])c1nnco1. The lowest BCUT2D eigenvalue weighted by molar-refractivity contribution is -0.385. The molecule has 126 valence electrons. The van der Waals surface area contributed by atoms with Crippen LogP contribution in [0.3, 0.4) is 0 Å². The lowest BCUT2D eigenvalue weighted by atomic mass is 9.93. The summed E-state index contributed by atoms with van der Waals surface area (Å²) in [6.45, 7) is 1.10. The Hall–Kier alpha value is -2.95. The normalized spacial score (nSPS) is 12.6. The van der Waals surface area contributed by atoms with Crippen molar-refractivity contribution in [3.8, 4) is 0 Å². The molecule has 1 atom stereocenters. The van der Waals surface area contributed by atoms with Crippen molar-refractivity contribution in [2.24, 2.45) is 0 Å². The van der Waals surface area contributed by atoms with Crippen LogP contribution in [-0.2, 0) is 14.6 Å². The van der Waals surface area contributed by atoms with Crippen LogP contribution in [0.25, 0.3) is 0 Å². The van der Waals surface area contributed by atoms with Gasteiger partial charge in [0.05, 0.1) is 15.4 Å². The third-order valence-electron chi connectivity index (χ3n) is 3.15. The van der Waals surface area contributed by atoms with Crippen LogP contribution < -0.4 is 0 Å². The highest BCUT2D eigenvalue weighted by atomic mass is 32.2. The van der Waals surface area contributed by atoms with Gasteiger partial charge in [-0.1, -0.05) is 0 Å². The van der Waals surface area contributed by atoms with E-state index in [2.05, 4.69) is 10.2 Å². The molecule has 0 spiro atoms. The van der Waals surface area contributed by atoms with Gasteiger partial charge in [0.2, 0.25) is 12.3 Å². The largest absolute Gasteiger partial charge is 0.427 e. The maximum atomic E-state index is 12.6. The van der Waals surface area contributed by atoms with Crippen LogP contribution in [0.4, 0.5) is 5.69 Å². The standard InChI is InChI=1S/C13H11N3O7S/c1-7(17)11(13-15-14-6-23-13)12(18)9-4-3-8(24(2,21)22)5-10(9)16(19)20/h3-6,11H,1-2H3. The summed E-state index contributed by atoms with van der Waals surface area (Å²) < 4.78 is 27.9. The Morgan fingerprint density at radius 2 is 2.00 bits per heavy atom. The first kappa shape index (κ1) is 17.4. The molecule has 1 aromatic heterocycles. The number of carbonyl (C=O) groups excluding carboxylic acids is 2. The number of nitrogens with zero attached hydrogens (tertiary/aromatic N) is 3. The molecule has 0 saturated carbocycles. The molecule has 0 N–H and O–H groups in total. The molecule has 0 fully saturated rings. The molecule has 1 heterocycles. The smallest absolute Gasteiger partial charge is 0.281 e. The Morgan fingerprint density at radius 3 is 2.46 bits per heavy atom. The summed E-state index contributed by atoms with van der Waals surface area (Å²) >= 11 is 0. The molecule has 11 heteroatoms. The highest BCUT2D eigenvalue weighted by Crippen LogP contribution is 2.28. The van der Waals surface area contributed by atoms with E-state index in [1.54, 1.807) is 0 Å².